The van der Waals surface area contributed by atoms with Crippen molar-refractivity contribution in [2.24, 2.45) is 0 Å². The first-order valence-electron chi connectivity index (χ1n) is 5.11. The Morgan fingerprint density at radius 2 is 1.94 bits per heavy atom. The zero-order valence-electron chi connectivity index (χ0n) is 9.91. The van der Waals surface area contributed by atoms with Gasteiger partial charge in [0.1, 0.15) is 0 Å². The quantitative estimate of drug-likeness (QED) is 0.757. The summed E-state index contributed by atoms with van der Waals surface area (Å²) in [7, 11) is 1.61. The number of rotatable bonds is 4. The zero-order valence-corrected chi connectivity index (χ0v) is 9.91. The van der Waals surface area contributed by atoms with E-state index in [4.69, 9.17) is 10.5 Å². The van der Waals surface area contributed by atoms with Crippen LogP contribution in [0.5, 0.6) is 0 Å². The molecule has 0 radical (unpaired) electrons. The van der Waals surface area contributed by atoms with E-state index >= 15 is 0 Å². The highest BCUT2D eigenvalue weighted by molar-refractivity contribution is 5.94. The van der Waals surface area contributed by atoms with Gasteiger partial charge in [-0.3, -0.25) is 4.79 Å². The first kappa shape index (κ1) is 12.5. The number of nitrogens with one attached hydrogen (secondary N) is 1. The smallest absolute Gasteiger partial charge is 0.251 e. The van der Waals surface area contributed by atoms with E-state index in [1.54, 1.807) is 31.4 Å². The molecule has 0 aromatic heterocycles. The molecule has 16 heavy (non-hydrogen) atoms. The minimum atomic E-state index is -0.382. The van der Waals surface area contributed by atoms with Crippen molar-refractivity contribution in [2.75, 3.05) is 19.5 Å². The summed E-state index contributed by atoms with van der Waals surface area (Å²) < 4.78 is 5.03. The number of amides is 1. The molecule has 0 aliphatic carbocycles. The molecule has 0 unspecified atom stereocenters. The molecule has 4 nitrogen and oxygen atoms in total. The second-order valence-electron chi connectivity index (χ2n) is 4.39. The second-order valence-corrected chi connectivity index (χ2v) is 4.39. The summed E-state index contributed by atoms with van der Waals surface area (Å²) in [5.41, 5.74) is 6.41. The molecular weight excluding hydrogens is 204 g/mol. The zero-order chi connectivity index (χ0) is 12.2. The van der Waals surface area contributed by atoms with E-state index in [1.165, 1.54) is 0 Å². The fraction of sp³-hybridized carbons (Fsp3) is 0.417. The molecule has 0 aliphatic heterocycles. The third kappa shape index (κ3) is 3.55. The van der Waals surface area contributed by atoms with Crippen molar-refractivity contribution in [3.8, 4) is 0 Å². The maximum atomic E-state index is 11.8. The fourth-order valence-corrected chi connectivity index (χ4v) is 1.41. The van der Waals surface area contributed by atoms with Gasteiger partial charge in [-0.25, -0.2) is 0 Å². The summed E-state index contributed by atoms with van der Waals surface area (Å²) in [4.78, 5) is 11.8. The topological polar surface area (TPSA) is 64.3 Å². The van der Waals surface area contributed by atoms with Crippen molar-refractivity contribution in [2.45, 2.75) is 19.4 Å². The number of carbonyl (C=O) groups excluding carboxylic acids is 1. The van der Waals surface area contributed by atoms with Gasteiger partial charge in [-0.2, -0.15) is 0 Å². The molecule has 0 heterocycles. The molecule has 0 fully saturated rings. The lowest BCUT2D eigenvalue weighted by Gasteiger charge is -2.25. The molecule has 1 aromatic rings. The van der Waals surface area contributed by atoms with Crippen molar-refractivity contribution >= 4 is 11.6 Å². The number of ether oxygens (including phenoxy) is 1. The Morgan fingerprint density at radius 1 is 1.38 bits per heavy atom. The molecule has 3 N–H and O–H groups in total. The Balaban J connectivity index is 2.69. The molecule has 0 saturated carbocycles. The van der Waals surface area contributed by atoms with Crippen molar-refractivity contribution in [1.29, 1.82) is 0 Å². The summed E-state index contributed by atoms with van der Waals surface area (Å²) in [5.74, 6) is -0.123. The van der Waals surface area contributed by atoms with Crippen LogP contribution >= 0.6 is 0 Å². The van der Waals surface area contributed by atoms with Crippen LogP contribution in [0.1, 0.15) is 24.2 Å². The van der Waals surface area contributed by atoms with E-state index in [0.717, 1.165) is 0 Å². The van der Waals surface area contributed by atoms with Gasteiger partial charge in [-0.1, -0.05) is 0 Å². The molecule has 1 amide bonds. The lowest BCUT2D eigenvalue weighted by Crippen LogP contribution is -2.46. The van der Waals surface area contributed by atoms with Crippen LogP contribution in [0.25, 0.3) is 0 Å². The van der Waals surface area contributed by atoms with Crippen LogP contribution in [0, 0.1) is 0 Å². The number of hydrogen-bond acceptors (Lipinski definition) is 3. The third-order valence-electron chi connectivity index (χ3n) is 2.13. The molecule has 88 valence electrons. The van der Waals surface area contributed by atoms with Gasteiger partial charge in [0.25, 0.3) is 5.91 Å². The van der Waals surface area contributed by atoms with Crippen molar-refractivity contribution in [3.63, 3.8) is 0 Å². The Morgan fingerprint density at radius 3 is 2.44 bits per heavy atom. The van der Waals surface area contributed by atoms with Gasteiger partial charge in [-0.05, 0) is 38.1 Å². The third-order valence-corrected chi connectivity index (χ3v) is 2.13. The van der Waals surface area contributed by atoms with Crippen molar-refractivity contribution < 1.29 is 9.53 Å². The van der Waals surface area contributed by atoms with E-state index in [1.807, 2.05) is 13.8 Å². The number of nitrogen functional groups attached to an aromatic ring is 1. The average molecular weight is 222 g/mol. The fourth-order valence-electron chi connectivity index (χ4n) is 1.41. The van der Waals surface area contributed by atoms with Crippen LogP contribution in [0.15, 0.2) is 24.3 Å². The highest BCUT2D eigenvalue weighted by Crippen LogP contribution is 2.08. The van der Waals surface area contributed by atoms with Gasteiger partial charge < -0.3 is 15.8 Å². The molecule has 1 aromatic carbocycles. The normalized spacial score (nSPS) is 11.2. The summed E-state index contributed by atoms with van der Waals surface area (Å²) in [5, 5.41) is 2.89. The minimum Gasteiger partial charge on any atom is -0.399 e. The van der Waals surface area contributed by atoms with Crippen LogP contribution in [0.3, 0.4) is 0 Å². The summed E-state index contributed by atoms with van der Waals surface area (Å²) in [6.07, 6.45) is 0. The highest BCUT2D eigenvalue weighted by atomic mass is 16.5. The summed E-state index contributed by atoms with van der Waals surface area (Å²) in [6, 6.07) is 6.82. The monoisotopic (exact) mass is 222 g/mol. The predicted molar refractivity (Wildman–Crippen MR) is 64.3 cm³/mol. The van der Waals surface area contributed by atoms with E-state index in [9.17, 15) is 4.79 Å². The number of nitrogens with two attached hydrogens (primary N) is 1. The standard InChI is InChI=1S/C12H18N2O2/c1-12(2,8-16-3)14-11(15)9-4-6-10(13)7-5-9/h4-7H,8,13H2,1-3H3,(H,14,15). The lowest BCUT2D eigenvalue weighted by atomic mass is 10.1. The number of methoxy groups -OCH3 is 1. The molecule has 0 spiro atoms. The van der Waals surface area contributed by atoms with E-state index in [0.29, 0.717) is 17.9 Å². The Kier molecular flexibility index (Phi) is 3.90. The first-order valence-corrected chi connectivity index (χ1v) is 5.11. The number of hydrogen-bond donors (Lipinski definition) is 2. The van der Waals surface area contributed by atoms with Gasteiger partial charge in [0.05, 0.1) is 12.1 Å². The average Bonchev–Trinajstić information content (AvgIpc) is 2.17. The van der Waals surface area contributed by atoms with E-state index < -0.39 is 0 Å². The van der Waals surface area contributed by atoms with E-state index in [-0.39, 0.29) is 11.4 Å². The Labute approximate surface area is 95.8 Å². The molecule has 4 heteroatoms. The summed E-state index contributed by atoms with van der Waals surface area (Å²) >= 11 is 0. The molecule has 0 bridgehead atoms. The van der Waals surface area contributed by atoms with Crippen LogP contribution in [0.2, 0.25) is 0 Å². The van der Waals surface area contributed by atoms with Crippen molar-refractivity contribution in [1.82, 2.24) is 5.32 Å². The maximum Gasteiger partial charge on any atom is 0.251 e. The summed E-state index contributed by atoms with van der Waals surface area (Å²) in [6.45, 7) is 4.28. The van der Waals surface area contributed by atoms with Gasteiger partial charge in [0, 0.05) is 18.4 Å². The highest BCUT2D eigenvalue weighted by Gasteiger charge is 2.20. The molecule has 0 aliphatic rings. The number of anilines is 1. The Bertz CT molecular complexity index is 358. The van der Waals surface area contributed by atoms with Crippen LogP contribution in [0.4, 0.5) is 5.69 Å². The van der Waals surface area contributed by atoms with Gasteiger partial charge >= 0.3 is 0 Å². The minimum absolute atomic E-state index is 0.123. The molecule has 0 saturated heterocycles. The SMILES string of the molecule is COCC(C)(C)NC(=O)c1ccc(N)cc1. The number of benzene rings is 1. The predicted octanol–water partition coefficient (Wildman–Crippen LogP) is 1.42. The largest absolute Gasteiger partial charge is 0.399 e. The van der Waals surface area contributed by atoms with E-state index in [2.05, 4.69) is 5.32 Å². The second kappa shape index (κ2) is 4.99. The van der Waals surface area contributed by atoms with Gasteiger partial charge in [0.2, 0.25) is 0 Å². The van der Waals surface area contributed by atoms with Crippen LogP contribution in [-0.2, 0) is 4.74 Å². The first-order chi connectivity index (χ1) is 7.44. The molecule has 1 rings (SSSR count). The van der Waals surface area contributed by atoms with Gasteiger partial charge in [0.15, 0.2) is 0 Å². The van der Waals surface area contributed by atoms with Crippen LogP contribution < -0.4 is 11.1 Å². The molecule has 0 atom stereocenters. The van der Waals surface area contributed by atoms with Gasteiger partial charge in [-0.15, -0.1) is 0 Å². The Hall–Kier alpha value is -1.55. The van der Waals surface area contributed by atoms with Crippen molar-refractivity contribution in [3.05, 3.63) is 29.8 Å². The lowest BCUT2D eigenvalue weighted by molar-refractivity contribution is 0.0820. The number of carbonyl (C=O) groups is 1. The molecular formula is C12H18N2O2. The maximum absolute atomic E-state index is 11.8. The van der Waals surface area contributed by atoms with Crippen LogP contribution in [-0.4, -0.2) is 25.2 Å².